The summed E-state index contributed by atoms with van der Waals surface area (Å²) in [6.07, 6.45) is 3.27. The topological polar surface area (TPSA) is 52.2 Å². The third-order valence-electron chi connectivity index (χ3n) is 3.16. The summed E-state index contributed by atoms with van der Waals surface area (Å²) in [4.78, 5) is 22.9. The molecular weight excluding hydrogens is 192 g/mol. The van der Waals surface area contributed by atoms with E-state index in [1.54, 1.807) is 17.4 Å². The van der Waals surface area contributed by atoms with Gasteiger partial charge < -0.3 is 4.98 Å². The Morgan fingerprint density at radius 1 is 1.47 bits per heavy atom. The average molecular weight is 208 g/mol. The molecule has 0 aliphatic carbocycles. The van der Waals surface area contributed by atoms with Gasteiger partial charge in [-0.05, 0) is 20.9 Å². The first-order valence-corrected chi connectivity index (χ1v) is 5.05. The van der Waals surface area contributed by atoms with Crippen LogP contribution in [0, 0.1) is 0 Å². The van der Waals surface area contributed by atoms with Crippen molar-refractivity contribution < 1.29 is 4.79 Å². The van der Waals surface area contributed by atoms with E-state index in [-0.39, 0.29) is 5.91 Å². The summed E-state index contributed by atoms with van der Waals surface area (Å²) in [7, 11) is 1.97. The molecule has 0 spiro atoms. The second-order valence-corrected chi connectivity index (χ2v) is 4.37. The highest BCUT2D eigenvalue weighted by Crippen LogP contribution is 2.23. The van der Waals surface area contributed by atoms with E-state index < -0.39 is 5.54 Å². The first kappa shape index (κ1) is 10.2. The maximum Gasteiger partial charge on any atom is 0.248 e. The molecule has 1 N–H and O–H groups in total. The van der Waals surface area contributed by atoms with E-state index in [1.807, 2.05) is 20.9 Å². The Hall–Kier alpha value is -1.36. The van der Waals surface area contributed by atoms with Crippen LogP contribution in [0.5, 0.6) is 0 Å². The molecule has 1 aliphatic heterocycles. The first-order valence-electron chi connectivity index (χ1n) is 5.05. The molecule has 0 bridgehead atoms. The number of H-pyrrole nitrogens is 1. The minimum atomic E-state index is -0.441. The monoisotopic (exact) mass is 208 g/mol. The predicted octanol–water partition coefficient (Wildman–Crippen LogP) is 0.467. The minimum absolute atomic E-state index is 0.112. The summed E-state index contributed by atoms with van der Waals surface area (Å²) < 4.78 is 0. The summed E-state index contributed by atoms with van der Waals surface area (Å²) in [5.41, 5.74) is -0.441. The van der Waals surface area contributed by atoms with Crippen LogP contribution in [-0.4, -0.2) is 46.5 Å². The number of hydrogen-bond acceptors (Lipinski definition) is 3. The van der Waals surface area contributed by atoms with Crippen molar-refractivity contribution in [3.8, 4) is 0 Å². The molecule has 1 amide bonds. The molecule has 1 saturated heterocycles. The van der Waals surface area contributed by atoms with Crippen LogP contribution in [0.1, 0.15) is 13.8 Å². The van der Waals surface area contributed by atoms with Crippen molar-refractivity contribution in [1.82, 2.24) is 14.9 Å². The molecule has 1 aromatic rings. The molecule has 0 unspecified atom stereocenters. The molecule has 1 aliphatic rings. The van der Waals surface area contributed by atoms with E-state index >= 15 is 0 Å². The molecule has 5 heteroatoms. The average Bonchev–Trinajstić information content (AvgIpc) is 2.68. The number of aromatic amines is 1. The van der Waals surface area contributed by atoms with Gasteiger partial charge in [0.25, 0.3) is 0 Å². The van der Waals surface area contributed by atoms with Crippen molar-refractivity contribution in [2.45, 2.75) is 19.4 Å². The summed E-state index contributed by atoms with van der Waals surface area (Å²) in [6, 6.07) is 0. The van der Waals surface area contributed by atoms with Crippen molar-refractivity contribution >= 4 is 11.7 Å². The summed E-state index contributed by atoms with van der Waals surface area (Å²) in [5, 5.41) is 0. The van der Waals surface area contributed by atoms with Gasteiger partial charge in [-0.2, -0.15) is 0 Å². The minimum Gasteiger partial charge on any atom is -0.331 e. The Morgan fingerprint density at radius 3 is 2.80 bits per heavy atom. The zero-order valence-electron chi connectivity index (χ0n) is 9.32. The highest BCUT2D eigenvalue weighted by Gasteiger charge is 2.40. The lowest BCUT2D eigenvalue weighted by Gasteiger charge is -2.43. The molecule has 0 aromatic carbocycles. The van der Waals surface area contributed by atoms with Gasteiger partial charge in [0, 0.05) is 13.1 Å². The Morgan fingerprint density at radius 2 is 2.20 bits per heavy atom. The van der Waals surface area contributed by atoms with E-state index in [4.69, 9.17) is 0 Å². The maximum absolute atomic E-state index is 12.2. The fraction of sp³-hybridized carbons (Fsp3) is 0.600. The normalized spacial score (nSPS) is 22.1. The SMILES string of the molecule is CN1CCN(c2cnc[nH]2)C(=O)C1(C)C. The smallest absolute Gasteiger partial charge is 0.248 e. The van der Waals surface area contributed by atoms with E-state index in [0.717, 1.165) is 12.4 Å². The van der Waals surface area contributed by atoms with Crippen molar-refractivity contribution in [2.24, 2.45) is 0 Å². The predicted molar refractivity (Wildman–Crippen MR) is 57.6 cm³/mol. The van der Waals surface area contributed by atoms with Crippen LogP contribution in [0.4, 0.5) is 5.82 Å². The number of nitrogens with zero attached hydrogens (tertiary/aromatic N) is 3. The number of anilines is 1. The molecule has 82 valence electrons. The molecule has 1 fully saturated rings. The number of carbonyl (C=O) groups is 1. The van der Waals surface area contributed by atoms with Crippen LogP contribution in [0.15, 0.2) is 12.5 Å². The molecule has 0 atom stereocenters. The number of nitrogens with one attached hydrogen (secondary N) is 1. The molecule has 2 heterocycles. The molecule has 5 nitrogen and oxygen atoms in total. The number of aromatic nitrogens is 2. The standard InChI is InChI=1S/C10H16N4O/c1-10(2)9(15)14(5-4-13(10)3)8-6-11-7-12-8/h6-7H,4-5H2,1-3H3,(H,11,12). The number of piperazine rings is 1. The lowest BCUT2D eigenvalue weighted by atomic mass is 9.98. The van der Waals surface area contributed by atoms with Crippen molar-refractivity contribution in [3.05, 3.63) is 12.5 Å². The van der Waals surface area contributed by atoms with Gasteiger partial charge in [0.2, 0.25) is 5.91 Å². The number of hydrogen-bond donors (Lipinski definition) is 1. The lowest BCUT2D eigenvalue weighted by molar-refractivity contribution is -0.130. The summed E-state index contributed by atoms with van der Waals surface area (Å²) in [6.45, 7) is 5.47. The summed E-state index contributed by atoms with van der Waals surface area (Å²) >= 11 is 0. The van der Waals surface area contributed by atoms with Gasteiger partial charge in [0.1, 0.15) is 5.82 Å². The van der Waals surface area contributed by atoms with Crippen molar-refractivity contribution in [2.75, 3.05) is 25.0 Å². The number of carbonyl (C=O) groups excluding carboxylic acids is 1. The lowest BCUT2D eigenvalue weighted by Crippen LogP contribution is -2.62. The number of amides is 1. The second kappa shape index (κ2) is 3.34. The van der Waals surface area contributed by atoms with Gasteiger partial charge in [-0.3, -0.25) is 14.6 Å². The van der Waals surface area contributed by atoms with Crippen LogP contribution in [0.3, 0.4) is 0 Å². The molecular formula is C10H16N4O. The van der Waals surface area contributed by atoms with Crippen LogP contribution in [-0.2, 0) is 4.79 Å². The molecule has 0 radical (unpaired) electrons. The van der Waals surface area contributed by atoms with Crippen molar-refractivity contribution in [3.63, 3.8) is 0 Å². The summed E-state index contributed by atoms with van der Waals surface area (Å²) in [5.74, 6) is 0.890. The van der Waals surface area contributed by atoms with E-state index in [1.165, 1.54) is 0 Å². The molecule has 15 heavy (non-hydrogen) atoms. The van der Waals surface area contributed by atoms with Crippen LogP contribution >= 0.6 is 0 Å². The maximum atomic E-state index is 12.2. The highest BCUT2D eigenvalue weighted by molar-refractivity contribution is 5.99. The van der Waals surface area contributed by atoms with E-state index in [0.29, 0.717) is 6.54 Å². The Bertz CT molecular complexity index is 358. The van der Waals surface area contributed by atoms with Crippen LogP contribution in [0.25, 0.3) is 0 Å². The quantitative estimate of drug-likeness (QED) is 0.729. The van der Waals surface area contributed by atoms with Gasteiger partial charge in [0.15, 0.2) is 0 Å². The zero-order chi connectivity index (χ0) is 11.1. The zero-order valence-corrected chi connectivity index (χ0v) is 9.32. The van der Waals surface area contributed by atoms with E-state index in [9.17, 15) is 4.79 Å². The van der Waals surface area contributed by atoms with Crippen molar-refractivity contribution in [1.29, 1.82) is 0 Å². The van der Waals surface area contributed by atoms with Gasteiger partial charge in [-0.25, -0.2) is 4.98 Å². The van der Waals surface area contributed by atoms with Gasteiger partial charge in [-0.15, -0.1) is 0 Å². The fourth-order valence-corrected chi connectivity index (χ4v) is 1.75. The Kier molecular flexibility index (Phi) is 2.26. The largest absolute Gasteiger partial charge is 0.331 e. The molecule has 0 saturated carbocycles. The fourth-order valence-electron chi connectivity index (χ4n) is 1.75. The molecule has 1 aromatic heterocycles. The number of rotatable bonds is 1. The number of imidazole rings is 1. The first-order chi connectivity index (χ1) is 7.03. The Balaban J connectivity index is 2.27. The van der Waals surface area contributed by atoms with Gasteiger partial charge in [0.05, 0.1) is 18.1 Å². The number of likely N-dealkylation sites (N-methyl/N-ethyl adjacent to an activating group) is 1. The van der Waals surface area contributed by atoms with E-state index in [2.05, 4.69) is 14.9 Å². The third-order valence-corrected chi connectivity index (χ3v) is 3.16. The van der Waals surface area contributed by atoms with Gasteiger partial charge >= 0.3 is 0 Å². The second-order valence-electron chi connectivity index (χ2n) is 4.37. The van der Waals surface area contributed by atoms with Crippen LogP contribution in [0.2, 0.25) is 0 Å². The van der Waals surface area contributed by atoms with Crippen LogP contribution < -0.4 is 4.90 Å². The third kappa shape index (κ3) is 1.52. The Labute approximate surface area is 89.1 Å². The van der Waals surface area contributed by atoms with Gasteiger partial charge in [-0.1, -0.05) is 0 Å². The highest BCUT2D eigenvalue weighted by atomic mass is 16.2. The molecule has 2 rings (SSSR count).